The van der Waals surface area contributed by atoms with Crippen molar-refractivity contribution in [1.82, 2.24) is 0 Å². The lowest BCUT2D eigenvalue weighted by atomic mass is 9.81. The Kier molecular flexibility index (Phi) is 4.03. The topological polar surface area (TPSA) is 30.2 Å². The Labute approximate surface area is 120 Å². The van der Waals surface area contributed by atoms with Crippen molar-refractivity contribution in [2.75, 3.05) is 0 Å². The Morgan fingerprint density at radius 2 is 1.75 bits per heavy atom. The van der Waals surface area contributed by atoms with Gasteiger partial charge >= 0.3 is 5.63 Å². The van der Waals surface area contributed by atoms with Gasteiger partial charge in [-0.25, -0.2) is 4.79 Å². The van der Waals surface area contributed by atoms with Gasteiger partial charge in [-0.05, 0) is 60.9 Å². The fourth-order valence-corrected chi connectivity index (χ4v) is 2.91. The lowest BCUT2D eigenvalue weighted by Gasteiger charge is -2.24. The third kappa shape index (κ3) is 3.12. The van der Waals surface area contributed by atoms with Gasteiger partial charge in [-0.3, -0.25) is 0 Å². The molecule has 2 rings (SSSR count). The molecule has 0 saturated carbocycles. The summed E-state index contributed by atoms with van der Waals surface area (Å²) >= 11 is 0. The van der Waals surface area contributed by atoms with E-state index in [-0.39, 0.29) is 11.0 Å². The fourth-order valence-electron chi connectivity index (χ4n) is 2.91. The van der Waals surface area contributed by atoms with Crippen LogP contribution in [-0.2, 0) is 6.42 Å². The number of hydrogen-bond acceptors (Lipinski definition) is 2. The molecule has 0 aliphatic heterocycles. The maximum absolute atomic E-state index is 11.8. The van der Waals surface area contributed by atoms with Crippen LogP contribution in [0.25, 0.3) is 11.0 Å². The predicted octanol–water partition coefficient (Wildman–Crippen LogP) is 4.78. The van der Waals surface area contributed by atoms with Gasteiger partial charge in [0.05, 0.1) is 0 Å². The molecule has 0 fully saturated rings. The molecule has 0 saturated heterocycles. The fraction of sp³-hybridized carbons (Fsp3) is 0.500. The normalized spacial score (nSPS) is 12.1. The maximum atomic E-state index is 11.8. The van der Waals surface area contributed by atoms with Crippen molar-refractivity contribution in [2.24, 2.45) is 5.41 Å². The third-order valence-electron chi connectivity index (χ3n) is 4.04. The summed E-state index contributed by atoms with van der Waals surface area (Å²) in [7, 11) is 0. The minimum Gasteiger partial charge on any atom is -0.423 e. The van der Waals surface area contributed by atoms with Crippen LogP contribution in [0.3, 0.4) is 0 Å². The number of rotatable bonds is 4. The molecule has 0 unspecified atom stereocenters. The van der Waals surface area contributed by atoms with Crippen LogP contribution in [0.4, 0.5) is 0 Å². The van der Waals surface area contributed by atoms with Crippen LogP contribution in [0.5, 0.6) is 0 Å². The molecular weight excluding hydrogens is 248 g/mol. The molecular formula is C18H24O2. The quantitative estimate of drug-likeness (QED) is 0.750. The van der Waals surface area contributed by atoms with Crippen molar-refractivity contribution in [2.45, 2.75) is 53.9 Å². The van der Waals surface area contributed by atoms with Crippen LogP contribution in [0.1, 0.15) is 50.3 Å². The SMILES string of the molecule is CCCC(C)(C)Cc1cc(=O)oc2cc(C)c(C)cc12. The van der Waals surface area contributed by atoms with E-state index in [0.29, 0.717) is 5.58 Å². The second-order valence-corrected chi connectivity index (χ2v) is 6.61. The van der Waals surface area contributed by atoms with Crippen LogP contribution >= 0.6 is 0 Å². The molecule has 0 amide bonds. The highest BCUT2D eigenvalue weighted by Gasteiger charge is 2.19. The highest BCUT2D eigenvalue weighted by Crippen LogP contribution is 2.31. The molecule has 2 aromatic rings. The van der Waals surface area contributed by atoms with Crippen molar-refractivity contribution >= 4 is 11.0 Å². The molecule has 0 spiro atoms. The van der Waals surface area contributed by atoms with E-state index in [4.69, 9.17) is 4.42 Å². The van der Waals surface area contributed by atoms with Crippen molar-refractivity contribution in [3.63, 3.8) is 0 Å². The van der Waals surface area contributed by atoms with E-state index in [2.05, 4.69) is 33.8 Å². The molecule has 0 bridgehead atoms. The second-order valence-electron chi connectivity index (χ2n) is 6.61. The Hall–Kier alpha value is -1.57. The van der Waals surface area contributed by atoms with Gasteiger partial charge < -0.3 is 4.42 Å². The number of benzene rings is 1. The molecule has 0 aliphatic carbocycles. The van der Waals surface area contributed by atoms with Gasteiger partial charge in [-0.15, -0.1) is 0 Å². The summed E-state index contributed by atoms with van der Waals surface area (Å²) in [5.41, 5.74) is 4.17. The first-order valence-electron chi connectivity index (χ1n) is 7.36. The summed E-state index contributed by atoms with van der Waals surface area (Å²) in [4.78, 5) is 11.8. The highest BCUT2D eigenvalue weighted by atomic mass is 16.4. The standard InChI is InChI=1S/C18H24O2/c1-6-7-18(4,5)11-14-10-17(19)20-16-9-13(3)12(2)8-15(14)16/h8-10H,6-7,11H2,1-5H3. The van der Waals surface area contributed by atoms with E-state index in [1.807, 2.05) is 13.0 Å². The van der Waals surface area contributed by atoms with Gasteiger partial charge in [-0.2, -0.15) is 0 Å². The smallest absolute Gasteiger partial charge is 0.336 e. The zero-order valence-electron chi connectivity index (χ0n) is 13.2. The predicted molar refractivity (Wildman–Crippen MR) is 84.4 cm³/mol. The molecule has 0 radical (unpaired) electrons. The zero-order chi connectivity index (χ0) is 14.9. The van der Waals surface area contributed by atoms with E-state index in [0.717, 1.165) is 35.8 Å². The molecule has 1 aromatic carbocycles. The Morgan fingerprint density at radius 3 is 2.40 bits per heavy atom. The van der Waals surface area contributed by atoms with Crippen LogP contribution in [0.15, 0.2) is 27.4 Å². The molecule has 1 aromatic heterocycles. The summed E-state index contributed by atoms with van der Waals surface area (Å²) in [6.07, 6.45) is 3.22. The summed E-state index contributed by atoms with van der Waals surface area (Å²) in [5, 5.41) is 1.08. The number of aryl methyl sites for hydroxylation is 2. The van der Waals surface area contributed by atoms with Crippen molar-refractivity contribution in [3.8, 4) is 0 Å². The van der Waals surface area contributed by atoms with Gasteiger partial charge in [0.15, 0.2) is 0 Å². The summed E-state index contributed by atoms with van der Waals surface area (Å²) in [6, 6.07) is 5.78. The van der Waals surface area contributed by atoms with Crippen LogP contribution in [0, 0.1) is 19.3 Å². The highest BCUT2D eigenvalue weighted by molar-refractivity contribution is 5.82. The summed E-state index contributed by atoms with van der Waals surface area (Å²) in [6.45, 7) is 10.9. The molecule has 2 heteroatoms. The number of hydrogen-bond donors (Lipinski definition) is 0. The van der Waals surface area contributed by atoms with Crippen LogP contribution < -0.4 is 5.63 Å². The first-order chi connectivity index (χ1) is 9.32. The molecule has 108 valence electrons. The van der Waals surface area contributed by atoms with Crippen molar-refractivity contribution in [1.29, 1.82) is 0 Å². The van der Waals surface area contributed by atoms with Gasteiger partial charge in [0.2, 0.25) is 0 Å². The Morgan fingerprint density at radius 1 is 1.10 bits per heavy atom. The van der Waals surface area contributed by atoms with E-state index in [9.17, 15) is 4.79 Å². The molecule has 20 heavy (non-hydrogen) atoms. The second kappa shape index (κ2) is 5.43. The van der Waals surface area contributed by atoms with Gasteiger partial charge in [0.25, 0.3) is 0 Å². The minimum atomic E-state index is -0.247. The minimum absolute atomic E-state index is 0.203. The summed E-state index contributed by atoms with van der Waals surface area (Å²) < 4.78 is 5.36. The average molecular weight is 272 g/mol. The van der Waals surface area contributed by atoms with Crippen molar-refractivity contribution in [3.05, 3.63) is 45.3 Å². The first-order valence-corrected chi connectivity index (χ1v) is 7.36. The third-order valence-corrected chi connectivity index (χ3v) is 4.04. The van der Waals surface area contributed by atoms with Gasteiger partial charge in [0, 0.05) is 11.5 Å². The van der Waals surface area contributed by atoms with Gasteiger partial charge in [-0.1, -0.05) is 27.2 Å². The van der Waals surface area contributed by atoms with Crippen molar-refractivity contribution < 1.29 is 4.42 Å². The largest absolute Gasteiger partial charge is 0.423 e. The average Bonchev–Trinajstić information content (AvgIpc) is 2.31. The summed E-state index contributed by atoms with van der Waals surface area (Å²) in [5.74, 6) is 0. The van der Waals surface area contributed by atoms with Crippen LogP contribution in [-0.4, -0.2) is 0 Å². The molecule has 0 aliphatic rings. The first kappa shape index (κ1) is 14.8. The number of fused-ring (bicyclic) bond motifs is 1. The monoisotopic (exact) mass is 272 g/mol. The van der Waals surface area contributed by atoms with E-state index >= 15 is 0 Å². The van der Waals surface area contributed by atoms with E-state index in [1.165, 1.54) is 5.56 Å². The van der Waals surface area contributed by atoms with E-state index in [1.54, 1.807) is 6.07 Å². The Balaban J connectivity index is 2.57. The maximum Gasteiger partial charge on any atom is 0.336 e. The molecule has 0 atom stereocenters. The van der Waals surface area contributed by atoms with Gasteiger partial charge in [0.1, 0.15) is 5.58 Å². The van der Waals surface area contributed by atoms with E-state index < -0.39 is 0 Å². The Bertz CT molecular complexity index is 678. The lowest BCUT2D eigenvalue weighted by molar-refractivity contribution is 0.329. The zero-order valence-corrected chi connectivity index (χ0v) is 13.2. The molecule has 2 nitrogen and oxygen atoms in total. The lowest BCUT2D eigenvalue weighted by Crippen LogP contribution is -2.16. The molecule has 0 N–H and O–H groups in total. The molecule has 1 heterocycles. The van der Waals surface area contributed by atoms with Crippen LogP contribution in [0.2, 0.25) is 0 Å².